The largest absolute Gasteiger partial charge is 0.317 e. The number of nitrogens with zero attached hydrogens (tertiary/aromatic N) is 2. The summed E-state index contributed by atoms with van der Waals surface area (Å²) in [4.78, 5) is 9.22. The maximum absolute atomic E-state index is 4.61. The minimum atomic E-state index is 0.665. The highest BCUT2D eigenvalue weighted by molar-refractivity contribution is 7.99. The first-order valence-electron chi connectivity index (χ1n) is 6.76. The molecule has 2 unspecified atom stereocenters. The van der Waals surface area contributed by atoms with Gasteiger partial charge in [-0.1, -0.05) is 18.2 Å². The Kier molecular flexibility index (Phi) is 4.62. The van der Waals surface area contributed by atoms with Crippen LogP contribution in [0.25, 0.3) is 0 Å². The number of aryl methyl sites for hydroxylation is 2. The zero-order chi connectivity index (χ0) is 13.1. The molecule has 0 aromatic carbocycles. The summed E-state index contributed by atoms with van der Waals surface area (Å²) in [5.74, 6) is 0. The lowest BCUT2D eigenvalue weighted by atomic mass is 9.95. The van der Waals surface area contributed by atoms with Crippen molar-refractivity contribution in [3.05, 3.63) is 17.0 Å². The van der Waals surface area contributed by atoms with Crippen LogP contribution in [0.15, 0.2) is 5.16 Å². The number of nitrogens with one attached hydrogen (secondary N) is 1. The third-order valence-electron chi connectivity index (χ3n) is 3.92. The highest BCUT2D eigenvalue weighted by Crippen LogP contribution is 2.32. The lowest BCUT2D eigenvalue weighted by molar-refractivity contribution is 0.402. The van der Waals surface area contributed by atoms with Crippen LogP contribution >= 0.6 is 11.8 Å². The van der Waals surface area contributed by atoms with Crippen molar-refractivity contribution < 1.29 is 0 Å². The average molecular weight is 265 g/mol. The van der Waals surface area contributed by atoms with Crippen LogP contribution in [0.2, 0.25) is 0 Å². The van der Waals surface area contributed by atoms with Gasteiger partial charge in [-0.2, -0.15) is 0 Å². The molecule has 18 heavy (non-hydrogen) atoms. The second kappa shape index (κ2) is 6.02. The van der Waals surface area contributed by atoms with Crippen LogP contribution in [0.1, 0.15) is 42.6 Å². The first-order chi connectivity index (χ1) is 8.60. The van der Waals surface area contributed by atoms with E-state index < -0.39 is 0 Å². The molecule has 0 aliphatic heterocycles. The molecule has 1 fully saturated rings. The van der Waals surface area contributed by atoms with Gasteiger partial charge >= 0.3 is 0 Å². The van der Waals surface area contributed by atoms with Crippen LogP contribution in [0.5, 0.6) is 0 Å². The molecule has 1 aliphatic carbocycles. The molecule has 1 heterocycles. The number of thioether (sulfide) groups is 1. The quantitative estimate of drug-likeness (QED) is 0.853. The molecule has 0 radical (unpaired) electrons. The van der Waals surface area contributed by atoms with E-state index in [0.29, 0.717) is 11.3 Å². The fourth-order valence-electron chi connectivity index (χ4n) is 2.46. The summed E-state index contributed by atoms with van der Waals surface area (Å²) < 4.78 is 0. The summed E-state index contributed by atoms with van der Waals surface area (Å²) in [6.45, 7) is 6.24. The molecule has 0 saturated heterocycles. The Morgan fingerprint density at radius 3 is 2.39 bits per heavy atom. The van der Waals surface area contributed by atoms with E-state index in [1.165, 1.54) is 31.2 Å². The highest BCUT2D eigenvalue weighted by Gasteiger charge is 2.22. The topological polar surface area (TPSA) is 37.8 Å². The fraction of sp³-hybridized carbons (Fsp3) is 0.714. The van der Waals surface area contributed by atoms with E-state index in [9.17, 15) is 0 Å². The molecule has 4 heteroatoms. The summed E-state index contributed by atoms with van der Waals surface area (Å²) in [5, 5.41) is 5.02. The molecule has 1 aromatic rings. The molecule has 1 N–H and O–H groups in total. The Morgan fingerprint density at radius 2 is 1.78 bits per heavy atom. The molecule has 1 aromatic heterocycles. The molecule has 0 bridgehead atoms. The van der Waals surface area contributed by atoms with E-state index in [1.54, 1.807) is 0 Å². The van der Waals surface area contributed by atoms with Crippen molar-refractivity contribution in [2.75, 3.05) is 7.05 Å². The molecule has 1 saturated carbocycles. The monoisotopic (exact) mass is 265 g/mol. The van der Waals surface area contributed by atoms with Crippen molar-refractivity contribution >= 4 is 11.8 Å². The van der Waals surface area contributed by atoms with E-state index in [0.717, 1.165) is 16.5 Å². The zero-order valence-electron chi connectivity index (χ0n) is 11.8. The van der Waals surface area contributed by atoms with Crippen LogP contribution in [-0.4, -0.2) is 28.3 Å². The molecule has 3 nitrogen and oxygen atoms in total. The van der Waals surface area contributed by atoms with Crippen LogP contribution in [0, 0.1) is 20.8 Å². The Morgan fingerprint density at radius 1 is 1.11 bits per heavy atom. The standard InChI is InChI=1S/C14H23N3S/c1-9-10(2)16-14(17-11(9)3)18-13-7-5-6-12(8-13)15-4/h12-13,15H,5-8H2,1-4H3. The maximum atomic E-state index is 4.61. The first-order valence-corrected chi connectivity index (χ1v) is 7.64. The Balaban J connectivity index is 2.05. The fourth-order valence-corrected chi connectivity index (χ4v) is 3.75. The van der Waals surface area contributed by atoms with Crippen molar-refractivity contribution in [3.8, 4) is 0 Å². The zero-order valence-corrected chi connectivity index (χ0v) is 12.6. The van der Waals surface area contributed by atoms with Crippen LogP contribution < -0.4 is 5.32 Å². The van der Waals surface area contributed by atoms with Crippen LogP contribution in [-0.2, 0) is 0 Å². The van der Waals surface area contributed by atoms with E-state index >= 15 is 0 Å². The minimum absolute atomic E-state index is 0.665. The smallest absolute Gasteiger partial charge is 0.188 e. The predicted molar refractivity (Wildman–Crippen MR) is 77.2 cm³/mol. The van der Waals surface area contributed by atoms with Crippen molar-refractivity contribution in [2.45, 2.75) is 62.9 Å². The van der Waals surface area contributed by atoms with Gasteiger partial charge in [0.15, 0.2) is 5.16 Å². The second-order valence-electron chi connectivity index (χ2n) is 5.19. The van der Waals surface area contributed by atoms with Crippen LogP contribution in [0.4, 0.5) is 0 Å². The predicted octanol–water partition coefficient (Wildman–Crippen LogP) is 3.02. The third-order valence-corrected chi connectivity index (χ3v) is 5.07. The van der Waals surface area contributed by atoms with Crippen molar-refractivity contribution in [1.82, 2.24) is 15.3 Å². The van der Waals surface area contributed by atoms with Crippen molar-refractivity contribution in [2.24, 2.45) is 0 Å². The second-order valence-corrected chi connectivity index (χ2v) is 6.46. The van der Waals surface area contributed by atoms with Gasteiger partial charge in [-0.05, 0) is 52.6 Å². The van der Waals surface area contributed by atoms with Crippen molar-refractivity contribution in [3.63, 3.8) is 0 Å². The lowest BCUT2D eigenvalue weighted by Crippen LogP contribution is -2.32. The van der Waals surface area contributed by atoms with Crippen molar-refractivity contribution in [1.29, 1.82) is 0 Å². The van der Waals surface area contributed by atoms with Gasteiger partial charge in [0.2, 0.25) is 0 Å². The number of hydrogen-bond acceptors (Lipinski definition) is 4. The molecule has 1 aliphatic rings. The Labute approximate surface area is 114 Å². The molecule has 2 atom stereocenters. The molecular formula is C14H23N3S. The van der Waals surface area contributed by atoms with E-state index in [2.05, 4.69) is 43.1 Å². The molecule has 2 rings (SSSR count). The molecule has 100 valence electrons. The first kappa shape index (κ1) is 13.8. The average Bonchev–Trinajstić information content (AvgIpc) is 2.36. The summed E-state index contributed by atoms with van der Waals surface area (Å²) in [6, 6.07) is 0.670. The normalized spacial score (nSPS) is 24.2. The van der Waals surface area contributed by atoms with Gasteiger partial charge in [0.05, 0.1) is 0 Å². The van der Waals surface area contributed by atoms with Gasteiger partial charge in [0, 0.05) is 22.7 Å². The molecule has 0 amide bonds. The van der Waals surface area contributed by atoms with E-state index in [1.807, 2.05) is 11.8 Å². The Hall–Kier alpha value is -0.610. The summed E-state index contributed by atoms with van der Waals surface area (Å²) in [6.07, 6.45) is 5.14. The Bertz CT molecular complexity index is 396. The number of aromatic nitrogens is 2. The SMILES string of the molecule is CNC1CCCC(Sc2nc(C)c(C)c(C)n2)C1. The number of hydrogen-bond donors (Lipinski definition) is 1. The number of rotatable bonds is 3. The molecular weight excluding hydrogens is 242 g/mol. The lowest BCUT2D eigenvalue weighted by Gasteiger charge is -2.28. The summed E-state index contributed by atoms with van der Waals surface area (Å²) >= 11 is 1.86. The summed E-state index contributed by atoms with van der Waals surface area (Å²) in [7, 11) is 2.06. The minimum Gasteiger partial charge on any atom is -0.317 e. The highest BCUT2D eigenvalue weighted by atomic mass is 32.2. The summed E-state index contributed by atoms with van der Waals surface area (Å²) in [5.41, 5.74) is 3.45. The maximum Gasteiger partial charge on any atom is 0.188 e. The van der Waals surface area contributed by atoms with Gasteiger partial charge < -0.3 is 5.32 Å². The van der Waals surface area contributed by atoms with Gasteiger partial charge in [-0.3, -0.25) is 0 Å². The molecule has 0 spiro atoms. The van der Waals surface area contributed by atoms with Gasteiger partial charge in [-0.15, -0.1) is 0 Å². The van der Waals surface area contributed by atoms with E-state index in [-0.39, 0.29) is 0 Å². The van der Waals surface area contributed by atoms with Gasteiger partial charge in [0.25, 0.3) is 0 Å². The van der Waals surface area contributed by atoms with Gasteiger partial charge in [-0.25, -0.2) is 9.97 Å². The van der Waals surface area contributed by atoms with Gasteiger partial charge in [0.1, 0.15) is 0 Å². The van der Waals surface area contributed by atoms with E-state index in [4.69, 9.17) is 0 Å². The van der Waals surface area contributed by atoms with Crippen LogP contribution in [0.3, 0.4) is 0 Å². The third kappa shape index (κ3) is 3.23.